The molecule has 1 aliphatic heterocycles. The van der Waals surface area contributed by atoms with Gasteiger partial charge >= 0.3 is 12.0 Å². The standard InChI is InChI=1S/C13H15ClN2O4/c1-7-9(14)3-2-4-10(7)15-13(20)16-6-8(17)5-11(16)12(18)19/h2-4,8,11,17H,5-6H2,1H3,(H,15,20)(H,18,19)/t8-,11-/m1/s1. The van der Waals surface area contributed by atoms with Gasteiger partial charge in [-0.3, -0.25) is 0 Å². The number of aliphatic carboxylic acids is 1. The summed E-state index contributed by atoms with van der Waals surface area (Å²) in [5.41, 5.74) is 1.22. The first-order chi connectivity index (χ1) is 9.40. The number of anilines is 1. The second kappa shape index (κ2) is 5.68. The molecule has 108 valence electrons. The molecule has 0 aromatic heterocycles. The zero-order valence-electron chi connectivity index (χ0n) is 10.8. The van der Waals surface area contributed by atoms with Crippen LogP contribution in [0.25, 0.3) is 0 Å². The number of hydrogen-bond acceptors (Lipinski definition) is 3. The van der Waals surface area contributed by atoms with E-state index in [9.17, 15) is 14.7 Å². The molecule has 2 rings (SSSR count). The summed E-state index contributed by atoms with van der Waals surface area (Å²) in [7, 11) is 0. The molecule has 20 heavy (non-hydrogen) atoms. The minimum Gasteiger partial charge on any atom is -0.480 e. The molecule has 0 aliphatic carbocycles. The molecule has 2 atom stereocenters. The van der Waals surface area contributed by atoms with Gasteiger partial charge in [0.25, 0.3) is 0 Å². The number of urea groups is 1. The van der Waals surface area contributed by atoms with Crippen LogP contribution in [0.3, 0.4) is 0 Å². The Hall–Kier alpha value is -1.79. The maximum atomic E-state index is 12.1. The molecule has 3 N–H and O–H groups in total. The number of β-amino-alcohol motifs (C(OH)–C–C–N with tert-alkyl or cyclic N) is 1. The number of likely N-dealkylation sites (tertiary alicyclic amines) is 1. The van der Waals surface area contributed by atoms with E-state index in [0.29, 0.717) is 16.3 Å². The summed E-state index contributed by atoms with van der Waals surface area (Å²) < 4.78 is 0. The smallest absolute Gasteiger partial charge is 0.326 e. The SMILES string of the molecule is Cc1c(Cl)cccc1NC(=O)N1C[C@H](O)C[C@@H]1C(=O)O. The summed E-state index contributed by atoms with van der Waals surface area (Å²) in [6.45, 7) is 1.76. The molecular weight excluding hydrogens is 284 g/mol. The predicted octanol–water partition coefficient (Wildman–Crippen LogP) is 1.70. The van der Waals surface area contributed by atoms with E-state index in [1.54, 1.807) is 25.1 Å². The highest BCUT2D eigenvalue weighted by Gasteiger charge is 2.39. The van der Waals surface area contributed by atoms with Crippen LogP contribution >= 0.6 is 11.6 Å². The van der Waals surface area contributed by atoms with Crippen LogP contribution in [0.1, 0.15) is 12.0 Å². The van der Waals surface area contributed by atoms with Gasteiger partial charge in [0, 0.05) is 23.7 Å². The number of amides is 2. The molecule has 2 amide bonds. The van der Waals surface area contributed by atoms with Crippen molar-refractivity contribution in [2.45, 2.75) is 25.5 Å². The van der Waals surface area contributed by atoms with E-state index in [4.69, 9.17) is 16.7 Å². The molecule has 1 heterocycles. The van der Waals surface area contributed by atoms with Gasteiger partial charge in [-0.1, -0.05) is 17.7 Å². The minimum atomic E-state index is -1.13. The van der Waals surface area contributed by atoms with Crippen molar-refractivity contribution in [1.82, 2.24) is 4.90 Å². The minimum absolute atomic E-state index is 0.00239. The lowest BCUT2D eigenvalue weighted by Crippen LogP contribution is -2.43. The highest BCUT2D eigenvalue weighted by molar-refractivity contribution is 6.31. The number of carbonyl (C=O) groups is 2. The fourth-order valence-corrected chi connectivity index (χ4v) is 2.38. The third-order valence-corrected chi connectivity index (χ3v) is 3.74. The third kappa shape index (κ3) is 2.86. The van der Waals surface area contributed by atoms with E-state index < -0.39 is 24.1 Å². The second-order valence-corrected chi connectivity index (χ2v) is 5.15. The molecule has 1 fully saturated rings. The normalized spacial score (nSPS) is 21.9. The van der Waals surface area contributed by atoms with Gasteiger partial charge in [0.15, 0.2) is 0 Å². The molecule has 1 aliphatic rings. The average Bonchev–Trinajstić information content (AvgIpc) is 2.77. The van der Waals surface area contributed by atoms with E-state index in [0.717, 1.165) is 4.90 Å². The summed E-state index contributed by atoms with van der Waals surface area (Å²) in [6, 6.07) is 3.51. The second-order valence-electron chi connectivity index (χ2n) is 4.74. The summed E-state index contributed by atoms with van der Waals surface area (Å²) in [5.74, 6) is -1.13. The Balaban J connectivity index is 2.15. The zero-order valence-corrected chi connectivity index (χ0v) is 11.6. The van der Waals surface area contributed by atoms with Crippen LogP contribution in [0.2, 0.25) is 5.02 Å². The molecule has 1 aromatic carbocycles. The van der Waals surface area contributed by atoms with Crippen LogP contribution in [0.5, 0.6) is 0 Å². The number of carbonyl (C=O) groups excluding carboxylic acids is 1. The fourth-order valence-electron chi connectivity index (χ4n) is 2.20. The van der Waals surface area contributed by atoms with Gasteiger partial charge in [0.2, 0.25) is 0 Å². The third-order valence-electron chi connectivity index (χ3n) is 3.33. The van der Waals surface area contributed by atoms with Crippen molar-refractivity contribution in [2.24, 2.45) is 0 Å². The molecule has 7 heteroatoms. The van der Waals surface area contributed by atoms with Gasteiger partial charge in [-0.05, 0) is 24.6 Å². The fraction of sp³-hybridized carbons (Fsp3) is 0.385. The van der Waals surface area contributed by atoms with Crippen molar-refractivity contribution in [2.75, 3.05) is 11.9 Å². The maximum Gasteiger partial charge on any atom is 0.326 e. The number of hydrogen-bond donors (Lipinski definition) is 3. The van der Waals surface area contributed by atoms with Crippen molar-refractivity contribution in [3.05, 3.63) is 28.8 Å². The van der Waals surface area contributed by atoms with Crippen LogP contribution in [-0.4, -0.2) is 45.8 Å². The van der Waals surface area contributed by atoms with Gasteiger partial charge < -0.3 is 20.4 Å². The number of halogens is 1. The molecule has 1 saturated heterocycles. The molecule has 0 spiro atoms. The number of benzene rings is 1. The summed E-state index contributed by atoms with van der Waals surface area (Å²) in [6.07, 6.45) is -0.778. The number of carboxylic acid groups (broad SMARTS) is 1. The Bertz CT molecular complexity index is 549. The lowest BCUT2D eigenvalue weighted by molar-refractivity contribution is -0.141. The molecular formula is C13H15ClN2O4. The molecule has 0 saturated carbocycles. The van der Waals surface area contributed by atoms with Crippen molar-refractivity contribution < 1.29 is 19.8 Å². The molecule has 0 radical (unpaired) electrons. The Labute approximate surface area is 121 Å². The first-order valence-electron chi connectivity index (χ1n) is 6.13. The van der Waals surface area contributed by atoms with Gasteiger partial charge in [0.1, 0.15) is 6.04 Å². The molecule has 6 nitrogen and oxygen atoms in total. The predicted molar refractivity (Wildman–Crippen MR) is 74.0 cm³/mol. The number of carboxylic acids is 1. The van der Waals surface area contributed by atoms with E-state index in [1.165, 1.54) is 0 Å². The lowest BCUT2D eigenvalue weighted by atomic mass is 10.2. The molecule has 1 aromatic rings. The van der Waals surface area contributed by atoms with Crippen molar-refractivity contribution >= 4 is 29.3 Å². The number of nitrogens with one attached hydrogen (secondary N) is 1. The van der Waals surface area contributed by atoms with Crippen molar-refractivity contribution in [3.63, 3.8) is 0 Å². The van der Waals surface area contributed by atoms with Crippen molar-refractivity contribution in [3.8, 4) is 0 Å². The lowest BCUT2D eigenvalue weighted by Gasteiger charge is -2.22. The van der Waals surface area contributed by atoms with Crippen LogP contribution < -0.4 is 5.32 Å². The number of nitrogens with zero attached hydrogens (tertiary/aromatic N) is 1. The summed E-state index contributed by atoms with van der Waals surface area (Å²) in [4.78, 5) is 24.3. The summed E-state index contributed by atoms with van der Waals surface area (Å²) >= 11 is 5.96. The first-order valence-corrected chi connectivity index (χ1v) is 6.51. The molecule has 0 unspecified atom stereocenters. The number of aliphatic hydroxyl groups excluding tert-OH is 1. The number of aliphatic hydroxyl groups is 1. The van der Waals surface area contributed by atoms with Gasteiger partial charge in [-0.15, -0.1) is 0 Å². The quantitative estimate of drug-likeness (QED) is 0.775. The Morgan fingerprint density at radius 2 is 2.15 bits per heavy atom. The topological polar surface area (TPSA) is 89.9 Å². The number of rotatable bonds is 2. The first kappa shape index (κ1) is 14.6. The van der Waals surface area contributed by atoms with E-state index >= 15 is 0 Å². The van der Waals surface area contributed by atoms with E-state index in [-0.39, 0.29) is 13.0 Å². The largest absolute Gasteiger partial charge is 0.480 e. The Kier molecular flexibility index (Phi) is 4.15. The zero-order chi connectivity index (χ0) is 14.9. The highest BCUT2D eigenvalue weighted by atomic mass is 35.5. The van der Waals surface area contributed by atoms with E-state index in [1.807, 2.05) is 0 Å². The van der Waals surface area contributed by atoms with Gasteiger partial charge in [0.05, 0.1) is 6.10 Å². The average molecular weight is 299 g/mol. The van der Waals surface area contributed by atoms with Crippen LogP contribution in [0.15, 0.2) is 18.2 Å². The maximum absolute atomic E-state index is 12.1. The summed E-state index contributed by atoms with van der Waals surface area (Å²) in [5, 5.41) is 21.7. The highest BCUT2D eigenvalue weighted by Crippen LogP contribution is 2.25. The van der Waals surface area contributed by atoms with Gasteiger partial charge in [-0.2, -0.15) is 0 Å². The molecule has 0 bridgehead atoms. The van der Waals surface area contributed by atoms with Gasteiger partial charge in [-0.25, -0.2) is 9.59 Å². The van der Waals surface area contributed by atoms with Crippen LogP contribution in [0, 0.1) is 6.92 Å². The van der Waals surface area contributed by atoms with Crippen LogP contribution in [-0.2, 0) is 4.79 Å². The van der Waals surface area contributed by atoms with Crippen LogP contribution in [0.4, 0.5) is 10.5 Å². The Morgan fingerprint density at radius 1 is 1.45 bits per heavy atom. The van der Waals surface area contributed by atoms with Crippen molar-refractivity contribution in [1.29, 1.82) is 0 Å². The van der Waals surface area contributed by atoms with E-state index in [2.05, 4.69) is 5.32 Å². The monoisotopic (exact) mass is 298 g/mol. The Morgan fingerprint density at radius 3 is 2.80 bits per heavy atom.